The Morgan fingerprint density at radius 2 is 1.97 bits per heavy atom. The second kappa shape index (κ2) is 8.70. The summed E-state index contributed by atoms with van der Waals surface area (Å²) in [7, 11) is 1.72. The normalized spacial score (nSPS) is 16.9. The second-order valence-corrected chi connectivity index (χ2v) is 7.38. The van der Waals surface area contributed by atoms with Crippen molar-refractivity contribution in [2.75, 3.05) is 20.3 Å². The van der Waals surface area contributed by atoms with Crippen LogP contribution in [0.1, 0.15) is 42.8 Å². The van der Waals surface area contributed by atoms with Gasteiger partial charge in [-0.05, 0) is 75.2 Å². The lowest BCUT2D eigenvalue weighted by Gasteiger charge is -2.24. The first-order chi connectivity index (χ1) is 14.2. The number of likely N-dealkylation sites (tertiary alicyclic amines) is 1. The van der Waals surface area contributed by atoms with Crippen LogP contribution in [0.5, 0.6) is 11.5 Å². The van der Waals surface area contributed by atoms with Crippen LogP contribution in [0.2, 0.25) is 0 Å². The van der Waals surface area contributed by atoms with Gasteiger partial charge in [-0.3, -0.25) is 4.90 Å². The fourth-order valence-corrected chi connectivity index (χ4v) is 3.99. The summed E-state index contributed by atoms with van der Waals surface area (Å²) in [5.74, 6) is 3.31. The number of hydrogen-bond acceptors (Lipinski definition) is 5. The van der Waals surface area contributed by atoms with Crippen LogP contribution in [0.3, 0.4) is 0 Å². The monoisotopic (exact) mass is 392 g/mol. The number of methoxy groups -OCH3 is 1. The van der Waals surface area contributed by atoms with Gasteiger partial charge in [0, 0.05) is 18.2 Å². The number of nitrogens with zero attached hydrogens (tertiary/aromatic N) is 2. The van der Waals surface area contributed by atoms with E-state index in [0.29, 0.717) is 18.5 Å². The van der Waals surface area contributed by atoms with Crippen molar-refractivity contribution >= 4 is 0 Å². The first kappa shape index (κ1) is 19.5. The molecule has 4 rings (SSSR count). The van der Waals surface area contributed by atoms with Crippen LogP contribution < -0.4 is 9.47 Å². The van der Waals surface area contributed by atoms with Crippen molar-refractivity contribution < 1.29 is 13.9 Å². The number of oxazole rings is 1. The Morgan fingerprint density at radius 3 is 2.72 bits per heavy atom. The summed E-state index contributed by atoms with van der Waals surface area (Å²) >= 11 is 0. The molecule has 1 atom stereocenters. The molecule has 0 spiro atoms. The number of benzene rings is 2. The predicted molar refractivity (Wildman–Crippen MR) is 113 cm³/mol. The summed E-state index contributed by atoms with van der Waals surface area (Å²) in [6, 6.07) is 16.7. The first-order valence-electron chi connectivity index (χ1n) is 10.3. The van der Waals surface area contributed by atoms with E-state index in [1.165, 1.54) is 12.0 Å². The Balaban J connectivity index is 1.51. The molecule has 1 aliphatic rings. The molecule has 1 aliphatic heterocycles. The van der Waals surface area contributed by atoms with Crippen LogP contribution in [0, 0.1) is 6.92 Å². The minimum atomic E-state index is 0.384. The maximum atomic E-state index is 5.99. The molecule has 1 fully saturated rings. The molecule has 1 saturated heterocycles. The van der Waals surface area contributed by atoms with E-state index in [0.717, 1.165) is 48.0 Å². The van der Waals surface area contributed by atoms with Crippen LogP contribution in [-0.4, -0.2) is 30.1 Å². The lowest BCUT2D eigenvalue weighted by Crippen LogP contribution is -2.23. The molecule has 152 valence electrons. The molecule has 0 N–H and O–H groups in total. The Bertz CT molecular complexity index is 949. The Hall–Kier alpha value is -2.79. The number of aromatic nitrogens is 1. The van der Waals surface area contributed by atoms with Gasteiger partial charge in [0.2, 0.25) is 5.89 Å². The van der Waals surface area contributed by atoms with Crippen molar-refractivity contribution in [3.63, 3.8) is 0 Å². The van der Waals surface area contributed by atoms with E-state index in [4.69, 9.17) is 18.9 Å². The van der Waals surface area contributed by atoms with Crippen molar-refractivity contribution in [1.29, 1.82) is 0 Å². The zero-order valence-corrected chi connectivity index (χ0v) is 17.4. The maximum absolute atomic E-state index is 5.99. The SMILES string of the molecule is CCOc1ccc(-c2nc(CN3CCC[C@H]3c3cccc(OC)c3)c(C)o2)cc1. The lowest BCUT2D eigenvalue weighted by atomic mass is 10.0. The minimum absolute atomic E-state index is 0.384. The summed E-state index contributed by atoms with van der Waals surface area (Å²) < 4.78 is 16.9. The average Bonchev–Trinajstić information content (AvgIpc) is 3.36. The summed E-state index contributed by atoms with van der Waals surface area (Å²) in [6.45, 7) is 6.48. The van der Waals surface area contributed by atoms with E-state index < -0.39 is 0 Å². The topological polar surface area (TPSA) is 47.7 Å². The largest absolute Gasteiger partial charge is 0.497 e. The summed E-state index contributed by atoms with van der Waals surface area (Å²) in [5.41, 5.74) is 3.27. The Morgan fingerprint density at radius 1 is 1.14 bits per heavy atom. The number of ether oxygens (including phenoxy) is 2. The summed E-state index contributed by atoms with van der Waals surface area (Å²) in [6.07, 6.45) is 2.33. The molecule has 2 heterocycles. The highest BCUT2D eigenvalue weighted by Crippen LogP contribution is 2.35. The predicted octanol–water partition coefficient (Wildman–Crippen LogP) is 5.39. The third-order valence-electron chi connectivity index (χ3n) is 5.50. The van der Waals surface area contributed by atoms with Gasteiger partial charge in [0.15, 0.2) is 0 Å². The molecule has 0 radical (unpaired) electrons. The van der Waals surface area contributed by atoms with Gasteiger partial charge in [-0.2, -0.15) is 0 Å². The zero-order chi connectivity index (χ0) is 20.2. The van der Waals surface area contributed by atoms with Crippen molar-refractivity contribution in [3.8, 4) is 23.0 Å². The van der Waals surface area contributed by atoms with Crippen LogP contribution >= 0.6 is 0 Å². The highest BCUT2D eigenvalue weighted by Gasteiger charge is 2.28. The van der Waals surface area contributed by atoms with Crippen LogP contribution in [0.4, 0.5) is 0 Å². The Labute approximate surface area is 172 Å². The van der Waals surface area contributed by atoms with Gasteiger partial charge >= 0.3 is 0 Å². The molecule has 0 aliphatic carbocycles. The fraction of sp³-hybridized carbons (Fsp3) is 0.375. The van der Waals surface area contributed by atoms with E-state index in [1.807, 2.05) is 44.2 Å². The molecule has 5 heteroatoms. The van der Waals surface area contributed by atoms with Gasteiger partial charge < -0.3 is 13.9 Å². The fourth-order valence-electron chi connectivity index (χ4n) is 3.99. The van der Waals surface area contributed by atoms with Crippen LogP contribution in [-0.2, 0) is 6.54 Å². The van der Waals surface area contributed by atoms with Gasteiger partial charge in [0.25, 0.3) is 0 Å². The van der Waals surface area contributed by atoms with Gasteiger partial charge in [0.1, 0.15) is 17.3 Å². The van der Waals surface area contributed by atoms with Gasteiger partial charge in [-0.15, -0.1) is 0 Å². The lowest BCUT2D eigenvalue weighted by molar-refractivity contribution is 0.244. The van der Waals surface area contributed by atoms with Crippen molar-refractivity contribution in [1.82, 2.24) is 9.88 Å². The van der Waals surface area contributed by atoms with Gasteiger partial charge in [-0.1, -0.05) is 12.1 Å². The van der Waals surface area contributed by atoms with Crippen molar-refractivity contribution in [3.05, 3.63) is 65.5 Å². The van der Waals surface area contributed by atoms with Crippen LogP contribution in [0.25, 0.3) is 11.5 Å². The molecule has 0 saturated carbocycles. The molecule has 2 aromatic carbocycles. The Kier molecular flexibility index (Phi) is 5.86. The smallest absolute Gasteiger partial charge is 0.226 e. The van der Waals surface area contributed by atoms with Crippen LogP contribution in [0.15, 0.2) is 52.9 Å². The molecular weight excluding hydrogens is 364 g/mol. The van der Waals surface area contributed by atoms with E-state index in [1.54, 1.807) is 7.11 Å². The molecule has 0 amide bonds. The highest BCUT2D eigenvalue weighted by molar-refractivity contribution is 5.55. The summed E-state index contributed by atoms with van der Waals surface area (Å²) in [5, 5.41) is 0. The van der Waals surface area contributed by atoms with Gasteiger partial charge in [0.05, 0.1) is 19.4 Å². The molecular formula is C24H28N2O3. The van der Waals surface area contributed by atoms with E-state index in [-0.39, 0.29) is 0 Å². The number of aryl methyl sites for hydroxylation is 1. The standard InChI is InChI=1S/C24H28N2O3/c1-4-28-20-12-10-18(11-13-20)24-25-22(17(2)29-24)16-26-14-6-9-23(26)19-7-5-8-21(15-19)27-3/h5,7-8,10-13,15,23H,4,6,9,14,16H2,1-3H3/t23-/m0/s1. The molecule has 0 unspecified atom stereocenters. The number of rotatable bonds is 7. The van der Waals surface area contributed by atoms with E-state index >= 15 is 0 Å². The molecule has 0 bridgehead atoms. The molecule has 3 aromatic rings. The van der Waals surface area contributed by atoms with Crippen molar-refractivity contribution in [2.45, 2.75) is 39.3 Å². The van der Waals surface area contributed by atoms with E-state index in [9.17, 15) is 0 Å². The second-order valence-electron chi connectivity index (χ2n) is 7.38. The first-order valence-corrected chi connectivity index (χ1v) is 10.3. The third-order valence-corrected chi connectivity index (χ3v) is 5.50. The third kappa shape index (κ3) is 4.30. The average molecular weight is 392 g/mol. The number of hydrogen-bond donors (Lipinski definition) is 0. The molecule has 29 heavy (non-hydrogen) atoms. The quantitative estimate of drug-likeness (QED) is 0.539. The maximum Gasteiger partial charge on any atom is 0.226 e. The minimum Gasteiger partial charge on any atom is -0.497 e. The highest BCUT2D eigenvalue weighted by atomic mass is 16.5. The van der Waals surface area contributed by atoms with E-state index in [2.05, 4.69) is 23.1 Å². The zero-order valence-electron chi connectivity index (χ0n) is 17.4. The molecule has 5 nitrogen and oxygen atoms in total. The van der Waals surface area contributed by atoms with Crippen molar-refractivity contribution in [2.24, 2.45) is 0 Å². The molecule has 1 aromatic heterocycles. The van der Waals surface area contributed by atoms with Gasteiger partial charge in [-0.25, -0.2) is 4.98 Å². The summed E-state index contributed by atoms with van der Waals surface area (Å²) in [4.78, 5) is 7.29.